The van der Waals surface area contributed by atoms with Gasteiger partial charge in [-0.15, -0.1) is 5.10 Å². The monoisotopic (exact) mass is 434 g/mol. The topological polar surface area (TPSA) is 117 Å². The number of nitrogens with zero attached hydrogens (tertiary/aromatic N) is 8. The van der Waals surface area contributed by atoms with Gasteiger partial charge >= 0.3 is 0 Å². The molecule has 11 nitrogen and oxygen atoms in total. The Bertz CT molecular complexity index is 1180. The smallest absolute Gasteiger partial charge is 0.261 e. The molecule has 0 bridgehead atoms. The highest BCUT2D eigenvalue weighted by Gasteiger charge is 2.35. The summed E-state index contributed by atoms with van der Waals surface area (Å²) in [4.78, 5) is 51.4. The van der Waals surface area contributed by atoms with Gasteiger partial charge in [-0.1, -0.05) is 17.3 Å². The number of piperazine rings is 1. The number of anilines is 1. The first-order valence-corrected chi connectivity index (χ1v) is 10.6. The highest BCUT2D eigenvalue weighted by Crippen LogP contribution is 2.24. The molecule has 2 aliphatic heterocycles. The highest BCUT2D eigenvalue weighted by molar-refractivity contribution is 6.21. The molecule has 1 aromatic carbocycles. The van der Waals surface area contributed by atoms with Gasteiger partial charge in [0.15, 0.2) is 17.0 Å². The molecule has 0 unspecified atom stereocenters. The van der Waals surface area contributed by atoms with Crippen molar-refractivity contribution in [2.45, 2.75) is 19.9 Å². The lowest BCUT2D eigenvalue weighted by Crippen LogP contribution is -2.49. The molecule has 0 N–H and O–H groups in total. The van der Waals surface area contributed by atoms with Gasteiger partial charge in [0.25, 0.3) is 11.8 Å². The number of aromatic nitrogens is 5. The molecule has 0 aliphatic carbocycles. The van der Waals surface area contributed by atoms with Crippen LogP contribution in [0.15, 0.2) is 30.6 Å². The molecule has 2 aromatic heterocycles. The number of imide groups is 1. The minimum absolute atomic E-state index is 0.0778. The fraction of sp³-hybridized carbons (Fsp3) is 0.381. The SMILES string of the molecule is CCn1nnc2c(N3CCN(C(=O)CCN4C(=O)c5ccccc5C4=O)CC3)ncnc21. The third kappa shape index (κ3) is 3.26. The Morgan fingerprint density at radius 2 is 1.69 bits per heavy atom. The van der Waals surface area contributed by atoms with Gasteiger partial charge in [0.1, 0.15) is 6.33 Å². The third-order valence-electron chi connectivity index (χ3n) is 5.94. The molecule has 1 fully saturated rings. The van der Waals surface area contributed by atoms with E-state index in [0.717, 1.165) is 4.90 Å². The Hall–Kier alpha value is -3.89. The Morgan fingerprint density at radius 1 is 1.00 bits per heavy atom. The van der Waals surface area contributed by atoms with Gasteiger partial charge in [-0.05, 0) is 19.1 Å². The molecular formula is C21H22N8O3. The van der Waals surface area contributed by atoms with Gasteiger partial charge in [-0.2, -0.15) is 0 Å². The molecule has 3 amide bonds. The summed E-state index contributed by atoms with van der Waals surface area (Å²) in [5.41, 5.74) is 2.14. The van der Waals surface area contributed by atoms with Crippen LogP contribution in [0.1, 0.15) is 34.1 Å². The van der Waals surface area contributed by atoms with Crippen molar-refractivity contribution in [3.63, 3.8) is 0 Å². The van der Waals surface area contributed by atoms with E-state index < -0.39 is 0 Å². The molecular weight excluding hydrogens is 412 g/mol. The van der Waals surface area contributed by atoms with Crippen LogP contribution < -0.4 is 4.90 Å². The molecule has 0 spiro atoms. The fourth-order valence-electron chi connectivity index (χ4n) is 4.20. The van der Waals surface area contributed by atoms with Crippen molar-refractivity contribution in [2.75, 3.05) is 37.6 Å². The first-order valence-electron chi connectivity index (χ1n) is 10.6. The Kier molecular flexibility index (Phi) is 5.00. The van der Waals surface area contributed by atoms with E-state index in [1.807, 2.05) is 6.92 Å². The Balaban J connectivity index is 1.19. The first kappa shape index (κ1) is 20.0. The van der Waals surface area contributed by atoms with Crippen LogP contribution >= 0.6 is 0 Å². The zero-order chi connectivity index (χ0) is 22.2. The van der Waals surface area contributed by atoms with E-state index in [1.165, 1.54) is 6.33 Å². The number of carbonyl (C=O) groups is 3. The molecule has 11 heteroatoms. The van der Waals surface area contributed by atoms with Gasteiger partial charge in [0.05, 0.1) is 11.1 Å². The number of rotatable bonds is 5. The molecule has 2 aliphatic rings. The van der Waals surface area contributed by atoms with Crippen molar-refractivity contribution in [3.8, 4) is 0 Å². The summed E-state index contributed by atoms with van der Waals surface area (Å²) in [5, 5.41) is 8.34. The number of carbonyl (C=O) groups excluding carboxylic acids is 3. The van der Waals surface area contributed by atoms with Gasteiger partial charge in [0.2, 0.25) is 5.91 Å². The van der Waals surface area contributed by atoms with Crippen molar-refractivity contribution in [1.29, 1.82) is 0 Å². The molecule has 0 atom stereocenters. The van der Waals surface area contributed by atoms with Crippen molar-refractivity contribution < 1.29 is 14.4 Å². The number of fused-ring (bicyclic) bond motifs is 2. The number of hydrogen-bond donors (Lipinski definition) is 0. The molecule has 1 saturated heterocycles. The van der Waals surface area contributed by atoms with Crippen LogP contribution in [0, 0.1) is 0 Å². The van der Waals surface area contributed by atoms with E-state index in [-0.39, 0.29) is 30.7 Å². The second kappa shape index (κ2) is 7.98. The molecule has 32 heavy (non-hydrogen) atoms. The summed E-state index contributed by atoms with van der Waals surface area (Å²) >= 11 is 0. The summed E-state index contributed by atoms with van der Waals surface area (Å²) in [6.45, 7) is 4.97. The van der Waals surface area contributed by atoms with Crippen LogP contribution in [0.25, 0.3) is 11.2 Å². The van der Waals surface area contributed by atoms with Crippen LogP contribution in [0.3, 0.4) is 0 Å². The fourth-order valence-corrected chi connectivity index (χ4v) is 4.20. The van der Waals surface area contributed by atoms with Crippen molar-refractivity contribution in [3.05, 3.63) is 41.7 Å². The van der Waals surface area contributed by atoms with Gasteiger partial charge in [-0.3, -0.25) is 19.3 Å². The highest BCUT2D eigenvalue weighted by atomic mass is 16.2. The lowest BCUT2D eigenvalue weighted by Gasteiger charge is -2.35. The average molecular weight is 434 g/mol. The van der Waals surface area contributed by atoms with Gasteiger partial charge in [-0.25, -0.2) is 14.6 Å². The van der Waals surface area contributed by atoms with E-state index in [2.05, 4.69) is 25.2 Å². The quantitative estimate of drug-likeness (QED) is 0.535. The predicted molar refractivity (Wildman–Crippen MR) is 114 cm³/mol. The average Bonchev–Trinajstić information content (AvgIpc) is 3.36. The van der Waals surface area contributed by atoms with Crippen molar-refractivity contribution in [1.82, 2.24) is 34.8 Å². The van der Waals surface area contributed by atoms with Crippen LogP contribution in [-0.4, -0.2) is 85.2 Å². The number of benzene rings is 1. The summed E-state index contributed by atoms with van der Waals surface area (Å²) in [7, 11) is 0. The zero-order valence-corrected chi connectivity index (χ0v) is 17.6. The summed E-state index contributed by atoms with van der Waals surface area (Å²) in [6.07, 6.45) is 1.61. The lowest BCUT2D eigenvalue weighted by atomic mass is 10.1. The molecule has 5 rings (SSSR count). The lowest BCUT2D eigenvalue weighted by molar-refractivity contribution is -0.131. The molecule has 164 valence electrons. The van der Waals surface area contributed by atoms with Crippen molar-refractivity contribution >= 4 is 34.7 Å². The molecule has 0 radical (unpaired) electrons. The second-order valence-corrected chi connectivity index (χ2v) is 7.70. The zero-order valence-electron chi connectivity index (χ0n) is 17.6. The first-order chi connectivity index (χ1) is 15.6. The van der Waals surface area contributed by atoms with Gasteiger partial charge in [0, 0.05) is 45.7 Å². The van der Waals surface area contributed by atoms with Crippen LogP contribution in [-0.2, 0) is 11.3 Å². The summed E-state index contributed by atoms with van der Waals surface area (Å²) in [5.74, 6) is -0.0361. The van der Waals surface area contributed by atoms with E-state index in [4.69, 9.17) is 0 Å². The second-order valence-electron chi connectivity index (χ2n) is 7.70. The van der Waals surface area contributed by atoms with Gasteiger partial charge < -0.3 is 9.80 Å². The minimum atomic E-state index is -0.337. The van der Waals surface area contributed by atoms with Crippen LogP contribution in [0.5, 0.6) is 0 Å². The molecule has 3 aromatic rings. The normalized spacial score (nSPS) is 16.2. The number of amides is 3. The van der Waals surface area contributed by atoms with Crippen LogP contribution in [0.2, 0.25) is 0 Å². The predicted octanol–water partition coefficient (Wildman–Crippen LogP) is 0.576. The summed E-state index contributed by atoms with van der Waals surface area (Å²) < 4.78 is 1.72. The maximum Gasteiger partial charge on any atom is 0.261 e. The number of aryl methyl sites for hydroxylation is 1. The Morgan fingerprint density at radius 3 is 2.34 bits per heavy atom. The molecule has 0 saturated carbocycles. The van der Waals surface area contributed by atoms with Crippen molar-refractivity contribution in [2.24, 2.45) is 0 Å². The maximum atomic E-state index is 12.7. The third-order valence-corrected chi connectivity index (χ3v) is 5.94. The van der Waals surface area contributed by atoms with E-state index >= 15 is 0 Å². The van der Waals surface area contributed by atoms with E-state index in [1.54, 1.807) is 33.8 Å². The Labute approximate surface area is 183 Å². The van der Waals surface area contributed by atoms with E-state index in [9.17, 15) is 14.4 Å². The van der Waals surface area contributed by atoms with E-state index in [0.29, 0.717) is 60.8 Å². The minimum Gasteiger partial charge on any atom is -0.351 e. The largest absolute Gasteiger partial charge is 0.351 e. The maximum absolute atomic E-state index is 12.7. The standard InChI is InChI=1S/C21H22N8O3/c1-2-29-19-17(24-25-29)18(22-13-23-19)27-11-9-26(10-12-27)16(30)7-8-28-20(31)14-5-3-4-6-15(14)21(28)32/h3-6,13H,2,7-12H2,1H3. The number of hydrogen-bond acceptors (Lipinski definition) is 8. The molecule has 4 heterocycles. The van der Waals surface area contributed by atoms with Crippen LogP contribution in [0.4, 0.5) is 5.82 Å². The summed E-state index contributed by atoms with van der Waals surface area (Å²) in [6, 6.07) is 6.73.